The van der Waals surface area contributed by atoms with Gasteiger partial charge in [0, 0.05) is 11.7 Å². The van der Waals surface area contributed by atoms with Gasteiger partial charge in [-0.1, -0.05) is 13.8 Å². The first kappa shape index (κ1) is 13.1. The number of aromatic nitrogens is 1. The van der Waals surface area contributed by atoms with E-state index >= 15 is 0 Å². The normalized spacial score (nSPS) is 35.9. The summed E-state index contributed by atoms with van der Waals surface area (Å²) in [6.45, 7) is 4.09. The molecule has 4 atom stereocenters. The Morgan fingerprint density at radius 2 is 1.95 bits per heavy atom. The Morgan fingerprint density at radius 1 is 1.29 bits per heavy atom. The Balaban J connectivity index is 1.56. The lowest BCUT2D eigenvalue weighted by Gasteiger charge is -2.14. The van der Waals surface area contributed by atoms with E-state index < -0.39 is 5.97 Å². The van der Waals surface area contributed by atoms with Gasteiger partial charge in [-0.15, -0.1) is 0 Å². The van der Waals surface area contributed by atoms with Crippen molar-refractivity contribution in [3.63, 3.8) is 0 Å². The average Bonchev–Trinajstić information content (AvgIpc) is 2.84. The molecular weight excluding hydrogens is 264 g/mol. The van der Waals surface area contributed by atoms with Crippen molar-refractivity contribution in [1.29, 1.82) is 0 Å². The number of hydrogen-bond donors (Lipinski definition) is 2. The Hall–Kier alpha value is -1.58. The zero-order valence-corrected chi connectivity index (χ0v) is 12.5. The molecule has 1 aromatic heterocycles. The molecule has 4 rings (SSSR count). The number of carboxylic acids is 1. The summed E-state index contributed by atoms with van der Waals surface area (Å²) in [5.74, 6) is 3.56. The third-order valence-corrected chi connectivity index (χ3v) is 5.73. The van der Waals surface area contributed by atoms with E-state index in [1.807, 2.05) is 13.8 Å². The molecule has 3 fully saturated rings. The molecule has 4 heteroatoms. The van der Waals surface area contributed by atoms with Crippen molar-refractivity contribution in [2.75, 3.05) is 5.32 Å². The van der Waals surface area contributed by atoms with Gasteiger partial charge in [0.25, 0.3) is 0 Å². The number of pyridine rings is 1. The van der Waals surface area contributed by atoms with Gasteiger partial charge in [-0.25, -0.2) is 9.78 Å². The minimum Gasteiger partial charge on any atom is -0.478 e. The minimum atomic E-state index is -0.876. The molecule has 0 spiro atoms. The molecule has 3 aliphatic carbocycles. The monoisotopic (exact) mass is 286 g/mol. The summed E-state index contributed by atoms with van der Waals surface area (Å²) < 4.78 is 0. The summed E-state index contributed by atoms with van der Waals surface area (Å²) in [6.07, 6.45) is 4.21. The maximum absolute atomic E-state index is 11.3. The lowest BCUT2D eigenvalue weighted by atomic mass is 10.0. The van der Waals surface area contributed by atoms with Gasteiger partial charge in [-0.05, 0) is 61.0 Å². The standard InChI is InChI=1S/C17H22N2O2/c1-8(2)12-6-11(17(20)21)7-13(18-12)19-16-14-9-3-4-10(5-9)15(14)16/h6-10,14-16H,3-5H2,1-2H3,(H,18,19)(H,20,21). The highest BCUT2D eigenvalue weighted by Gasteiger charge is 2.65. The average molecular weight is 286 g/mol. The van der Waals surface area contributed by atoms with E-state index in [2.05, 4.69) is 10.3 Å². The highest BCUT2D eigenvalue weighted by Crippen LogP contribution is 2.66. The molecular formula is C17H22N2O2. The highest BCUT2D eigenvalue weighted by molar-refractivity contribution is 5.88. The molecule has 4 nitrogen and oxygen atoms in total. The number of nitrogens with one attached hydrogen (secondary N) is 1. The molecule has 2 N–H and O–H groups in total. The van der Waals surface area contributed by atoms with E-state index in [1.54, 1.807) is 12.1 Å². The van der Waals surface area contributed by atoms with Crippen LogP contribution in [0, 0.1) is 23.7 Å². The maximum Gasteiger partial charge on any atom is 0.335 e. The third kappa shape index (κ3) is 2.03. The van der Waals surface area contributed by atoms with Crippen LogP contribution in [0.5, 0.6) is 0 Å². The number of aromatic carboxylic acids is 1. The van der Waals surface area contributed by atoms with Crippen LogP contribution in [-0.2, 0) is 0 Å². The molecule has 0 amide bonds. The van der Waals surface area contributed by atoms with E-state index in [0.29, 0.717) is 11.6 Å². The van der Waals surface area contributed by atoms with Crippen molar-refractivity contribution in [3.8, 4) is 0 Å². The second-order valence-corrected chi connectivity index (χ2v) is 7.28. The number of fused-ring (bicyclic) bond motifs is 5. The van der Waals surface area contributed by atoms with Gasteiger partial charge in [0.05, 0.1) is 5.56 Å². The number of hydrogen-bond acceptors (Lipinski definition) is 3. The topological polar surface area (TPSA) is 62.2 Å². The van der Waals surface area contributed by atoms with Crippen LogP contribution in [0.2, 0.25) is 0 Å². The van der Waals surface area contributed by atoms with E-state index in [0.717, 1.165) is 35.2 Å². The van der Waals surface area contributed by atoms with Gasteiger partial charge >= 0.3 is 5.97 Å². The maximum atomic E-state index is 11.3. The smallest absolute Gasteiger partial charge is 0.335 e. The molecule has 0 radical (unpaired) electrons. The van der Waals surface area contributed by atoms with Crippen LogP contribution in [0.3, 0.4) is 0 Å². The first-order valence-corrected chi connectivity index (χ1v) is 8.06. The third-order valence-electron chi connectivity index (χ3n) is 5.73. The zero-order chi connectivity index (χ0) is 14.7. The molecule has 1 heterocycles. The molecule has 21 heavy (non-hydrogen) atoms. The Bertz CT molecular complexity index is 582. The predicted molar refractivity (Wildman–Crippen MR) is 80.5 cm³/mol. The molecule has 3 aliphatic rings. The van der Waals surface area contributed by atoms with Crippen LogP contribution < -0.4 is 5.32 Å². The molecule has 4 unspecified atom stereocenters. The van der Waals surface area contributed by atoms with Crippen LogP contribution in [-0.4, -0.2) is 22.1 Å². The number of anilines is 1. The summed E-state index contributed by atoms with van der Waals surface area (Å²) in [5.41, 5.74) is 1.19. The fraction of sp³-hybridized carbons (Fsp3) is 0.647. The van der Waals surface area contributed by atoms with E-state index in [9.17, 15) is 9.90 Å². The molecule has 112 valence electrons. The Morgan fingerprint density at radius 3 is 2.52 bits per heavy atom. The van der Waals surface area contributed by atoms with Crippen molar-refractivity contribution in [2.45, 2.75) is 45.1 Å². The second-order valence-electron chi connectivity index (χ2n) is 7.28. The largest absolute Gasteiger partial charge is 0.478 e. The summed E-state index contributed by atoms with van der Waals surface area (Å²) in [5, 5.41) is 12.8. The Kier molecular flexibility index (Phi) is 2.78. The lowest BCUT2D eigenvalue weighted by molar-refractivity contribution is 0.0696. The summed E-state index contributed by atoms with van der Waals surface area (Å²) in [4.78, 5) is 15.9. The van der Waals surface area contributed by atoms with Crippen molar-refractivity contribution in [2.24, 2.45) is 23.7 Å². The van der Waals surface area contributed by atoms with Crippen molar-refractivity contribution in [1.82, 2.24) is 4.98 Å². The molecule has 0 aromatic carbocycles. The van der Waals surface area contributed by atoms with Crippen LogP contribution in [0.15, 0.2) is 12.1 Å². The molecule has 0 aliphatic heterocycles. The molecule has 2 bridgehead atoms. The van der Waals surface area contributed by atoms with Gasteiger partial charge in [-0.2, -0.15) is 0 Å². The first-order chi connectivity index (χ1) is 10.0. The van der Waals surface area contributed by atoms with Crippen molar-refractivity contribution in [3.05, 3.63) is 23.4 Å². The van der Waals surface area contributed by atoms with Gasteiger partial charge in [0.15, 0.2) is 0 Å². The molecule has 3 saturated carbocycles. The molecule has 1 aromatic rings. The Labute approximate surface area is 125 Å². The van der Waals surface area contributed by atoms with Crippen molar-refractivity contribution >= 4 is 11.8 Å². The highest BCUT2D eigenvalue weighted by atomic mass is 16.4. The van der Waals surface area contributed by atoms with Gasteiger partial charge in [0.2, 0.25) is 0 Å². The van der Waals surface area contributed by atoms with Crippen LogP contribution >= 0.6 is 0 Å². The number of rotatable bonds is 4. The molecule has 0 saturated heterocycles. The van der Waals surface area contributed by atoms with E-state index in [-0.39, 0.29) is 5.92 Å². The number of carbonyl (C=O) groups is 1. The fourth-order valence-corrected chi connectivity index (χ4v) is 4.73. The lowest BCUT2D eigenvalue weighted by Crippen LogP contribution is -2.15. The predicted octanol–water partition coefficient (Wildman–Crippen LogP) is 3.36. The van der Waals surface area contributed by atoms with Gasteiger partial charge in [0.1, 0.15) is 5.82 Å². The van der Waals surface area contributed by atoms with Gasteiger partial charge in [-0.3, -0.25) is 0 Å². The van der Waals surface area contributed by atoms with E-state index in [1.165, 1.54) is 19.3 Å². The van der Waals surface area contributed by atoms with Crippen LogP contribution in [0.25, 0.3) is 0 Å². The van der Waals surface area contributed by atoms with Crippen LogP contribution in [0.1, 0.15) is 55.1 Å². The fourth-order valence-electron chi connectivity index (χ4n) is 4.73. The summed E-state index contributed by atoms with van der Waals surface area (Å²) in [6, 6.07) is 3.91. The van der Waals surface area contributed by atoms with Crippen molar-refractivity contribution < 1.29 is 9.90 Å². The minimum absolute atomic E-state index is 0.236. The van der Waals surface area contributed by atoms with Gasteiger partial charge < -0.3 is 10.4 Å². The summed E-state index contributed by atoms with van der Waals surface area (Å²) >= 11 is 0. The zero-order valence-electron chi connectivity index (χ0n) is 12.5. The van der Waals surface area contributed by atoms with E-state index in [4.69, 9.17) is 0 Å². The number of carboxylic acid groups (broad SMARTS) is 1. The second kappa shape index (κ2) is 4.46. The van der Waals surface area contributed by atoms with Crippen LogP contribution in [0.4, 0.5) is 5.82 Å². The quantitative estimate of drug-likeness (QED) is 0.891. The number of nitrogens with zero attached hydrogens (tertiary/aromatic N) is 1. The first-order valence-electron chi connectivity index (χ1n) is 8.06. The summed E-state index contributed by atoms with van der Waals surface area (Å²) in [7, 11) is 0. The SMILES string of the molecule is CC(C)c1cc(C(=O)O)cc(NC2C3C4CCC(C4)C23)n1.